The van der Waals surface area contributed by atoms with E-state index in [0.29, 0.717) is 25.7 Å². The summed E-state index contributed by atoms with van der Waals surface area (Å²) >= 11 is 0. The molecule has 2 unspecified atom stereocenters. The van der Waals surface area contributed by atoms with Gasteiger partial charge in [-0.25, -0.2) is 9.13 Å². The van der Waals surface area contributed by atoms with Crippen molar-refractivity contribution in [2.45, 2.75) is 471 Å². The van der Waals surface area contributed by atoms with E-state index in [0.717, 1.165) is 108 Å². The Labute approximate surface area is 645 Å². The van der Waals surface area contributed by atoms with Crippen molar-refractivity contribution in [1.29, 1.82) is 0 Å². The smallest absolute Gasteiger partial charge is 0.462 e. The maximum Gasteiger partial charge on any atom is 0.472 e. The summed E-state index contributed by atoms with van der Waals surface area (Å²) < 4.78 is 68.9. The molecule has 19 heteroatoms. The van der Waals surface area contributed by atoms with Crippen LogP contribution < -0.4 is 0 Å². The van der Waals surface area contributed by atoms with E-state index < -0.39 is 97.5 Å². The van der Waals surface area contributed by atoms with Crippen LogP contribution in [0.2, 0.25) is 0 Å². The van der Waals surface area contributed by atoms with Crippen LogP contribution in [-0.2, 0) is 65.4 Å². The Kier molecular flexibility index (Phi) is 74.7. The predicted octanol–water partition coefficient (Wildman–Crippen LogP) is 26.1. The lowest BCUT2D eigenvalue weighted by atomic mass is 10.0. The minimum absolute atomic E-state index is 0.105. The van der Waals surface area contributed by atoms with E-state index in [4.69, 9.17) is 37.0 Å². The van der Waals surface area contributed by atoms with E-state index in [1.807, 2.05) is 0 Å². The fourth-order valence-electron chi connectivity index (χ4n) is 13.4. The van der Waals surface area contributed by atoms with Crippen LogP contribution in [0.4, 0.5) is 0 Å². The quantitative estimate of drug-likeness (QED) is 0.0222. The van der Waals surface area contributed by atoms with Gasteiger partial charge in [0.15, 0.2) is 12.2 Å². The summed E-state index contributed by atoms with van der Waals surface area (Å²) in [5.74, 6) is 0.185. The van der Waals surface area contributed by atoms with Crippen molar-refractivity contribution in [3.63, 3.8) is 0 Å². The molecule has 0 amide bonds. The number of aliphatic hydroxyl groups is 1. The molecule has 0 heterocycles. The summed E-state index contributed by atoms with van der Waals surface area (Å²) in [6.45, 7) is 12.0. The number of rotatable bonds is 84. The molecule has 624 valence electrons. The number of phosphoric acid groups is 2. The van der Waals surface area contributed by atoms with E-state index >= 15 is 0 Å². The fourth-order valence-corrected chi connectivity index (χ4v) is 14.9. The van der Waals surface area contributed by atoms with Gasteiger partial charge in [0.1, 0.15) is 19.3 Å². The van der Waals surface area contributed by atoms with Crippen LogP contribution in [0.5, 0.6) is 0 Å². The van der Waals surface area contributed by atoms with Gasteiger partial charge in [-0.05, 0) is 43.4 Å². The molecule has 0 rings (SSSR count). The molecular formula is C86H168O17P2. The second kappa shape index (κ2) is 76.1. The number of ether oxygens (including phenoxy) is 4. The van der Waals surface area contributed by atoms with Crippen LogP contribution in [0, 0.1) is 17.8 Å². The second-order valence-electron chi connectivity index (χ2n) is 32.4. The van der Waals surface area contributed by atoms with Gasteiger partial charge < -0.3 is 33.8 Å². The molecule has 0 bridgehead atoms. The molecule has 0 saturated carbocycles. The largest absolute Gasteiger partial charge is 0.472 e. The minimum atomic E-state index is -4.97. The van der Waals surface area contributed by atoms with Crippen LogP contribution in [-0.4, -0.2) is 96.7 Å². The number of hydrogen-bond acceptors (Lipinski definition) is 15. The molecule has 0 aliphatic rings. The van der Waals surface area contributed by atoms with Crippen molar-refractivity contribution in [2.24, 2.45) is 17.8 Å². The third kappa shape index (κ3) is 79.9. The topological polar surface area (TPSA) is 237 Å². The molecule has 3 N–H and O–H groups in total. The molecule has 0 saturated heterocycles. The average molecular weight is 1540 g/mol. The monoisotopic (exact) mass is 1540 g/mol. The standard InChI is InChI=1S/C86H168O17P2/c1-8-9-10-11-12-13-14-15-16-17-18-19-20-21-22-27-30-33-40-48-55-62-69-85(90)102-81(73-96-83(88)67-60-53-46-39-32-29-26-24-23-25-28-31-36-43-50-57-64-77(2)3)75-100-104(92,93)98-71-80(87)72-99-105(94,95)101-76-82(103-86(91)70-63-56-49-42-35-38-45-52-59-66-79(6)7)74-97-84(89)68-61-54-47-41-34-37-44-51-58-65-78(4)5/h77-82,87H,8-76H2,1-7H3,(H,92,93)(H,94,95)/t80-,81-,82-/m1/s1. The first-order chi connectivity index (χ1) is 50.7. The average Bonchev–Trinajstić information content (AvgIpc) is 0.907. The minimum Gasteiger partial charge on any atom is -0.462 e. The van der Waals surface area contributed by atoms with Crippen molar-refractivity contribution < 1.29 is 80.2 Å². The molecule has 0 aliphatic heterocycles. The third-order valence-electron chi connectivity index (χ3n) is 20.1. The van der Waals surface area contributed by atoms with Crippen LogP contribution >= 0.6 is 15.6 Å². The first kappa shape index (κ1) is 103. The summed E-state index contributed by atoms with van der Waals surface area (Å²) in [5.41, 5.74) is 0. The molecule has 0 radical (unpaired) electrons. The molecule has 0 aromatic heterocycles. The Morgan fingerprint density at radius 3 is 0.648 bits per heavy atom. The number of esters is 4. The van der Waals surface area contributed by atoms with Gasteiger partial charge in [-0.15, -0.1) is 0 Å². The summed E-state index contributed by atoms with van der Waals surface area (Å²) in [4.78, 5) is 73.2. The van der Waals surface area contributed by atoms with E-state index in [9.17, 15) is 43.2 Å². The van der Waals surface area contributed by atoms with Crippen LogP contribution in [0.3, 0.4) is 0 Å². The Hall–Kier alpha value is -1.94. The maximum absolute atomic E-state index is 13.1. The highest BCUT2D eigenvalue weighted by Gasteiger charge is 2.30. The first-order valence-corrected chi connectivity index (χ1v) is 47.3. The predicted molar refractivity (Wildman–Crippen MR) is 432 cm³/mol. The van der Waals surface area contributed by atoms with Gasteiger partial charge in [-0.2, -0.15) is 0 Å². The number of carbonyl (C=O) groups is 4. The van der Waals surface area contributed by atoms with Gasteiger partial charge in [0.25, 0.3) is 0 Å². The summed E-state index contributed by atoms with van der Waals surface area (Å²) in [6.07, 6.45) is 66.8. The molecule has 17 nitrogen and oxygen atoms in total. The van der Waals surface area contributed by atoms with E-state index in [-0.39, 0.29) is 25.7 Å². The van der Waals surface area contributed by atoms with Gasteiger partial charge in [0.2, 0.25) is 0 Å². The third-order valence-corrected chi connectivity index (χ3v) is 22.0. The fraction of sp³-hybridized carbons (Fsp3) is 0.953. The van der Waals surface area contributed by atoms with Gasteiger partial charge >= 0.3 is 39.5 Å². The zero-order valence-electron chi connectivity index (χ0n) is 69.2. The number of unbranched alkanes of at least 4 members (excludes halogenated alkanes) is 52. The van der Waals surface area contributed by atoms with E-state index in [1.165, 1.54) is 263 Å². The molecule has 5 atom stereocenters. The number of phosphoric ester groups is 2. The van der Waals surface area contributed by atoms with E-state index in [2.05, 4.69) is 48.5 Å². The van der Waals surface area contributed by atoms with Gasteiger partial charge in [0, 0.05) is 25.7 Å². The highest BCUT2D eigenvalue weighted by atomic mass is 31.2. The van der Waals surface area contributed by atoms with Crippen molar-refractivity contribution >= 4 is 39.5 Å². The summed E-state index contributed by atoms with van der Waals surface area (Å²) in [6, 6.07) is 0. The molecule has 0 spiro atoms. The van der Waals surface area contributed by atoms with Crippen LogP contribution in [0.1, 0.15) is 453 Å². The molecule has 0 fully saturated rings. The first-order valence-electron chi connectivity index (χ1n) is 44.3. The highest BCUT2D eigenvalue weighted by molar-refractivity contribution is 7.47. The maximum atomic E-state index is 13.1. The Balaban J connectivity index is 5.22. The van der Waals surface area contributed by atoms with Crippen molar-refractivity contribution in [2.75, 3.05) is 39.6 Å². The Morgan fingerprint density at radius 2 is 0.438 bits per heavy atom. The summed E-state index contributed by atoms with van der Waals surface area (Å²) in [7, 11) is -9.93. The second-order valence-corrected chi connectivity index (χ2v) is 35.3. The Morgan fingerprint density at radius 1 is 0.257 bits per heavy atom. The van der Waals surface area contributed by atoms with Gasteiger partial charge in [0.05, 0.1) is 26.4 Å². The molecular weight excluding hydrogens is 1370 g/mol. The molecule has 0 aromatic carbocycles. The zero-order chi connectivity index (χ0) is 77.2. The lowest BCUT2D eigenvalue weighted by Crippen LogP contribution is -2.30. The SMILES string of the molecule is CCCCCCCCCCCCCCCCCCCCCCCCC(=O)O[C@H](COC(=O)CCCCCCCCCCCCCCCCCCC(C)C)COP(=O)(O)OC[C@@H](O)COP(=O)(O)OC[C@@H](COC(=O)CCCCCCCCCCCC(C)C)OC(=O)CCCCCCCCCCCC(C)C. The number of carbonyl (C=O) groups excluding carboxylic acids is 4. The lowest BCUT2D eigenvalue weighted by molar-refractivity contribution is -0.161. The normalized spacial score (nSPS) is 13.9. The number of aliphatic hydroxyl groups excluding tert-OH is 1. The van der Waals surface area contributed by atoms with Gasteiger partial charge in [-0.1, -0.05) is 402 Å². The van der Waals surface area contributed by atoms with E-state index in [1.54, 1.807) is 0 Å². The molecule has 0 aromatic rings. The van der Waals surface area contributed by atoms with Crippen LogP contribution in [0.15, 0.2) is 0 Å². The van der Waals surface area contributed by atoms with Crippen molar-refractivity contribution in [3.05, 3.63) is 0 Å². The summed E-state index contributed by atoms with van der Waals surface area (Å²) in [5, 5.41) is 10.7. The Bertz CT molecular complexity index is 2030. The molecule has 105 heavy (non-hydrogen) atoms. The molecule has 0 aliphatic carbocycles. The highest BCUT2D eigenvalue weighted by Crippen LogP contribution is 2.45. The van der Waals surface area contributed by atoms with Crippen molar-refractivity contribution in [3.8, 4) is 0 Å². The van der Waals surface area contributed by atoms with Crippen LogP contribution in [0.25, 0.3) is 0 Å². The zero-order valence-corrected chi connectivity index (χ0v) is 71.0. The lowest BCUT2D eigenvalue weighted by Gasteiger charge is -2.21. The van der Waals surface area contributed by atoms with Gasteiger partial charge in [-0.3, -0.25) is 37.3 Å². The van der Waals surface area contributed by atoms with Crippen molar-refractivity contribution in [1.82, 2.24) is 0 Å². The number of hydrogen-bond donors (Lipinski definition) is 3.